The van der Waals surface area contributed by atoms with Crippen molar-refractivity contribution in [3.63, 3.8) is 0 Å². The highest BCUT2D eigenvalue weighted by Crippen LogP contribution is 2.37. The molecule has 0 spiro atoms. The minimum atomic E-state index is -0.380. The molecular weight excluding hydrogens is 420 g/mol. The van der Waals surface area contributed by atoms with Crippen molar-refractivity contribution in [2.75, 3.05) is 18.2 Å². The van der Waals surface area contributed by atoms with E-state index in [1.165, 1.54) is 47.9 Å². The van der Waals surface area contributed by atoms with Gasteiger partial charge < -0.3 is 14.6 Å². The molecule has 0 atom stereocenters. The summed E-state index contributed by atoms with van der Waals surface area (Å²) in [5.74, 6) is 0.492. The van der Waals surface area contributed by atoms with Gasteiger partial charge in [0.1, 0.15) is 10.8 Å². The first kappa shape index (κ1) is 22.6. The van der Waals surface area contributed by atoms with E-state index in [1.54, 1.807) is 6.08 Å². The number of anilines is 1. The van der Waals surface area contributed by atoms with E-state index >= 15 is 0 Å². The van der Waals surface area contributed by atoms with Gasteiger partial charge in [-0.15, -0.1) is 28.1 Å². The standard InChI is InChI=1S/C21H28N4O3S2/c1-4-12-25-16(5-2)23-24-21(25)29-13-17(26)22-19-18(20(27)28-3)14-10-8-6-7-9-11-15(14)30-19/h4H,1,5-13H2,2-3H3,(H,22,26). The van der Waals surface area contributed by atoms with Gasteiger partial charge in [0, 0.05) is 17.8 Å². The largest absolute Gasteiger partial charge is 0.465 e. The molecule has 30 heavy (non-hydrogen) atoms. The molecule has 3 rings (SSSR count). The molecule has 1 amide bonds. The Bertz CT molecular complexity index is 920. The van der Waals surface area contributed by atoms with Gasteiger partial charge in [-0.2, -0.15) is 0 Å². The molecule has 2 aromatic rings. The number of ether oxygens (including phenoxy) is 1. The summed E-state index contributed by atoms with van der Waals surface area (Å²) in [6, 6.07) is 0. The Labute approximate surface area is 185 Å². The van der Waals surface area contributed by atoms with Crippen molar-refractivity contribution in [2.45, 2.75) is 63.6 Å². The van der Waals surface area contributed by atoms with E-state index in [9.17, 15) is 9.59 Å². The first-order valence-electron chi connectivity index (χ1n) is 10.3. The number of esters is 1. The Morgan fingerprint density at radius 3 is 2.73 bits per heavy atom. The molecule has 9 heteroatoms. The average molecular weight is 449 g/mol. The summed E-state index contributed by atoms with van der Waals surface area (Å²) in [4.78, 5) is 26.4. The van der Waals surface area contributed by atoms with Gasteiger partial charge in [0.05, 0.1) is 18.4 Å². The van der Waals surface area contributed by atoms with E-state index in [0.29, 0.717) is 22.3 Å². The van der Waals surface area contributed by atoms with Crippen molar-refractivity contribution in [3.8, 4) is 0 Å². The normalized spacial score (nSPS) is 13.8. The lowest BCUT2D eigenvalue weighted by Gasteiger charge is -2.11. The molecule has 0 aromatic carbocycles. The summed E-state index contributed by atoms with van der Waals surface area (Å²) in [6.45, 7) is 6.39. The van der Waals surface area contributed by atoms with Crippen LogP contribution in [0.5, 0.6) is 0 Å². The molecule has 0 saturated carbocycles. The predicted molar refractivity (Wildman–Crippen MR) is 120 cm³/mol. The second-order valence-corrected chi connectivity index (χ2v) is 9.15. The number of thiophene rings is 1. The van der Waals surface area contributed by atoms with Crippen molar-refractivity contribution in [1.29, 1.82) is 0 Å². The Hall–Kier alpha value is -2.13. The monoisotopic (exact) mass is 448 g/mol. The smallest absolute Gasteiger partial charge is 0.341 e. The van der Waals surface area contributed by atoms with E-state index in [0.717, 1.165) is 43.5 Å². The van der Waals surface area contributed by atoms with Crippen LogP contribution >= 0.6 is 23.1 Å². The number of rotatable bonds is 8. The van der Waals surface area contributed by atoms with Gasteiger partial charge >= 0.3 is 5.97 Å². The fourth-order valence-electron chi connectivity index (χ4n) is 3.62. The second kappa shape index (κ2) is 10.8. The quantitative estimate of drug-likeness (QED) is 0.369. The van der Waals surface area contributed by atoms with Gasteiger partial charge in [-0.05, 0) is 31.2 Å². The van der Waals surface area contributed by atoms with Crippen molar-refractivity contribution in [2.24, 2.45) is 0 Å². The summed E-state index contributed by atoms with van der Waals surface area (Å²) in [6.07, 6.45) is 8.87. The number of hydrogen-bond donors (Lipinski definition) is 1. The molecule has 0 aliphatic heterocycles. The molecule has 1 aliphatic carbocycles. The van der Waals surface area contributed by atoms with Crippen LogP contribution in [-0.4, -0.2) is 39.5 Å². The highest BCUT2D eigenvalue weighted by molar-refractivity contribution is 7.99. The van der Waals surface area contributed by atoms with Gasteiger partial charge in [0.25, 0.3) is 0 Å². The lowest BCUT2D eigenvalue weighted by molar-refractivity contribution is -0.113. The van der Waals surface area contributed by atoms with Gasteiger partial charge in [-0.3, -0.25) is 4.79 Å². The molecule has 162 valence electrons. The SMILES string of the molecule is C=CCn1c(CC)nnc1SCC(=O)Nc1sc2c(c1C(=O)OC)CCCCCC2. The first-order chi connectivity index (χ1) is 14.6. The number of nitrogens with zero attached hydrogens (tertiary/aromatic N) is 3. The Balaban J connectivity index is 1.75. The molecule has 0 radical (unpaired) electrons. The number of aryl methyl sites for hydroxylation is 2. The number of thioether (sulfide) groups is 1. The predicted octanol–water partition coefficient (Wildman–Crippen LogP) is 4.26. The lowest BCUT2D eigenvalue weighted by atomic mass is 9.96. The van der Waals surface area contributed by atoms with E-state index in [-0.39, 0.29) is 17.6 Å². The Morgan fingerprint density at radius 1 is 1.27 bits per heavy atom. The van der Waals surface area contributed by atoms with Gasteiger partial charge in [-0.1, -0.05) is 37.6 Å². The minimum Gasteiger partial charge on any atom is -0.465 e. The molecular formula is C21H28N4O3S2. The lowest BCUT2D eigenvalue weighted by Crippen LogP contribution is -2.17. The first-order valence-corrected chi connectivity index (χ1v) is 12.1. The van der Waals surface area contributed by atoms with Crippen molar-refractivity contribution < 1.29 is 14.3 Å². The van der Waals surface area contributed by atoms with E-state index in [1.807, 2.05) is 11.5 Å². The number of nitrogens with one attached hydrogen (secondary N) is 1. The number of aromatic nitrogens is 3. The molecule has 7 nitrogen and oxygen atoms in total. The third-order valence-corrected chi connectivity index (χ3v) is 7.24. The summed E-state index contributed by atoms with van der Waals surface area (Å²) in [7, 11) is 1.38. The van der Waals surface area contributed by atoms with Crippen molar-refractivity contribution in [1.82, 2.24) is 14.8 Å². The summed E-state index contributed by atoms with van der Waals surface area (Å²) in [5.41, 5.74) is 1.58. The van der Waals surface area contributed by atoms with Crippen LogP contribution in [0.2, 0.25) is 0 Å². The van der Waals surface area contributed by atoms with E-state index in [4.69, 9.17) is 4.74 Å². The maximum Gasteiger partial charge on any atom is 0.341 e. The zero-order valence-corrected chi connectivity index (χ0v) is 19.2. The number of amides is 1. The maximum absolute atomic E-state index is 12.7. The van der Waals surface area contributed by atoms with E-state index in [2.05, 4.69) is 22.1 Å². The third-order valence-electron chi connectivity index (χ3n) is 5.07. The molecule has 0 unspecified atom stereocenters. The summed E-state index contributed by atoms with van der Waals surface area (Å²) >= 11 is 2.84. The maximum atomic E-state index is 12.7. The highest BCUT2D eigenvalue weighted by Gasteiger charge is 2.26. The summed E-state index contributed by atoms with van der Waals surface area (Å²) < 4.78 is 6.98. The highest BCUT2D eigenvalue weighted by atomic mass is 32.2. The number of hydrogen-bond acceptors (Lipinski definition) is 7. The molecule has 0 fully saturated rings. The fourth-order valence-corrected chi connectivity index (χ4v) is 5.68. The number of methoxy groups -OCH3 is 1. The number of fused-ring (bicyclic) bond motifs is 1. The van der Waals surface area contributed by atoms with Crippen molar-refractivity contribution >= 4 is 40.0 Å². The topological polar surface area (TPSA) is 86.1 Å². The fraction of sp³-hybridized carbons (Fsp3) is 0.524. The van der Waals surface area contributed by atoms with Gasteiger partial charge in [0.15, 0.2) is 5.16 Å². The number of allylic oxidation sites excluding steroid dienone is 1. The molecule has 2 aromatic heterocycles. The van der Waals surface area contributed by atoms with E-state index < -0.39 is 0 Å². The van der Waals surface area contributed by atoms with Crippen molar-refractivity contribution in [3.05, 3.63) is 34.5 Å². The molecule has 2 heterocycles. The molecule has 1 N–H and O–H groups in total. The Morgan fingerprint density at radius 2 is 2.03 bits per heavy atom. The van der Waals surface area contributed by atoms with Crippen LogP contribution in [0.15, 0.2) is 17.8 Å². The van der Waals surface area contributed by atoms with Crippen LogP contribution in [0.3, 0.4) is 0 Å². The Kier molecular flexibility index (Phi) is 8.09. The average Bonchev–Trinajstić information content (AvgIpc) is 3.26. The van der Waals surface area contributed by atoms with Crippen LogP contribution in [-0.2, 0) is 35.3 Å². The van der Waals surface area contributed by atoms with Gasteiger partial charge in [-0.25, -0.2) is 4.79 Å². The summed E-state index contributed by atoms with van der Waals surface area (Å²) in [5, 5.41) is 12.6. The molecule has 1 aliphatic rings. The van der Waals surface area contributed by atoms with Crippen LogP contribution < -0.4 is 5.32 Å². The zero-order chi connectivity index (χ0) is 21.5. The van der Waals surface area contributed by atoms with Crippen LogP contribution in [0, 0.1) is 0 Å². The minimum absolute atomic E-state index is 0.175. The number of carbonyl (C=O) groups excluding carboxylic acids is 2. The van der Waals surface area contributed by atoms with Gasteiger partial charge in [0.2, 0.25) is 5.91 Å². The molecule has 0 saturated heterocycles. The third kappa shape index (κ3) is 5.13. The van der Waals surface area contributed by atoms with Crippen LogP contribution in [0.4, 0.5) is 5.00 Å². The molecule has 0 bridgehead atoms. The second-order valence-electron chi connectivity index (χ2n) is 7.10. The van der Waals surface area contributed by atoms with Crippen LogP contribution in [0.25, 0.3) is 0 Å². The zero-order valence-electron chi connectivity index (χ0n) is 17.5. The van der Waals surface area contributed by atoms with Crippen LogP contribution in [0.1, 0.15) is 59.2 Å². The number of carbonyl (C=O) groups is 2.